The molecule has 0 heterocycles. The highest BCUT2D eigenvalue weighted by atomic mass is 32.2. The van der Waals surface area contributed by atoms with Gasteiger partial charge in [-0.15, -0.1) is 23.5 Å². The molecule has 0 unspecified atom stereocenters. The number of oxime groups is 1. The topological polar surface area (TPSA) is 32.6 Å². The molecule has 2 nitrogen and oxygen atoms in total. The van der Waals surface area contributed by atoms with Gasteiger partial charge in [-0.2, -0.15) is 0 Å². The van der Waals surface area contributed by atoms with Crippen molar-refractivity contribution >= 4 is 29.2 Å². The summed E-state index contributed by atoms with van der Waals surface area (Å²) in [5.74, 6) is 2.10. The number of hydrogen-bond donors (Lipinski definition) is 1. The first kappa shape index (κ1) is 16.0. The predicted molar refractivity (Wildman–Crippen MR) is 93.1 cm³/mol. The van der Waals surface area contributed by atoms with Crippen molar-refractivity contribution < 1.29 is 5.21 Å². The molecule has 0 aliphatic carbocycles. The minimum absolute atomic E-state index is 0.607. The Morgan fingerprint density at radius 2 is 1.19 bits per heavy atom. The number of hydrogen-bond acceptors (Lipinski definition) is 4. The van der Waals surface area contributed by atoms with E-state index in [2.05, 4.69) is 43.3 Å². The fourth-order valence-corrected chi connectivity index (χ4v) is 3.36. The van der Waals surface area contributed by atoms with Crippen molar-refractivity contribution in [3.63, 3.8) is 0 Å². The lowest BCUT2D eigenvalue weighted by molar-refractivity contribution is 0.319. The van der Waals surface area contributed by atoms with Gasteiger partial charge >= 0.3 is 0 Å². The molecule has 21 heavy (non-hydrogen) atoms. The molecule has 1 N–H and O–H groups in total. The van der Waals surface area contributed by atoms with Crippen LogP contribution >= 0.6 is 23.5 Å². The van der Waals surface area contributed by atoms with Gasteiger partial charge in [-0.1, -0.05) is 43.3 Å². The lowest BCUT2D eigenvalue weighted by atomic mass is 10.0. The molecule has 4 heteroatoms. The third kappa shape index (κ3) is 4.29. The Morgan fingerprint density at radius 1 is 0.810 bits per heavy atom. The number of nitrogens with zero attached hydrogens (tertiary/aromatic N) is 1. The Hall–Kier alpha value is -1.39. The number of thioether (sulfide) groups is 2. The maximum absolute atomic E-state index is 9.36. The molecule has 0 aromatic heterocycles. The van der Waals surface area contributed by atoms with Gasteiger partial charge in [-0.25, -0.2) is 0 Å². The molecule has 0 radical (unpaired) electrons. The van der Waals surface area contributed by atoms with E-state index in [0.29, 0.717) is 5.71 Å². The zero-order valence-corrected chi connectivity index (χ0v) is 13.9. The van der Waals surface area contributed by atoms with Crippen LogP contribution < -0.4 is 0 Å². The van der Waals surface area contributed by atoms with Crippen LogP contribution in [0, 0.1) is 0 Å². The molecule has 0 bridgehead atoms. The van der Waals surface area contributed by atoms with E-state index in [0.717, 1.165) is 22.6 Å². The van der Waals surface area contributed by atoms with E-state index in [1.165, 1.54) is 9.79 Å². The van der Waals surface area contributed by atoms with Crippen molar-refractivity contribution in [1.82, 2.24) is 0 Å². The maximum Gasteiger partial charge on any atom is 0.117 e. The highest BCUT2D eigenvalue weighted by Gasteiger charge is 2.08. The molecule has 0 saturated carbocycles. The molecule has 0 aliphatic heterocycles. The van der Waals surface area contributed by atoms with E-state index in [9.17, 15) is 5.21 Å². The van der Waals surface area contributed by atoms with Crippen LogP contribution in [0.5, 0.6) is 0 Å². The predicted octanol–water partition coefficient (Wildman–Crippen LogP) is 5.14. The van der Waals surface area contributed by atoms with Gasteiger partial charge in [0.1, 0.15) is 5.71 Å². The van der Waals surface area contributed by atoms with Crippen molar-refractivity contribution in [3.8, 4) is 0 Å². The smallest absolute Gasteiger partial charge is 0.117 e. The molecule has 2 aromatic rings. The van der Waals surface area contributed by atoms with Crippen LogP contribution in [0.2, 0.25) is 0 Å². The standard InChI is InChI=1S/C17H19NOS2/c1-3-20-15-9-5-13(6-10-15)17(18-19)14-7-11-16(12-8-14)21-4-2/h5-12,19H,3-4H2,1-2H3. The summed E-state index contributed by atoms with van der Waals surface area (Å²) in [4.78, 5) is 2.46. The van der Waals surface area contributed by atoms with Gasteiger partial charge in [0.05, 0.1) is 0 Å². The molecule has 0 aliphatic rings. The molecule has 110 valence electrons. The van der Waals surface area contributed by atoms with E-state index in [-0.39, 0.29) is 0 Å². The lowest BCUT2D eigenvalue weighted by Crippen LogP contribution is -2.03. The highest BCUT2D eigenvalue weighted by Crippen LogP contribution is 2.22. The highest BCUT2D eigenvalue weighted by molar-refractivity contribution is 7.99. The minimum atomic E-state index is 0.607. The summed E-state index contributed by atoms with van der Waals surface area (Å²) in [5.41, 5.74) is 2.46. The molecular weight excluding hydrogens is 298 g/mol. The average molecular weight is 317 g/mol. The van der Waals surface area contributed by atoms with Gasteiger partial charge in [0.15, 0.2) is 0 Å². The van der Waals surface area contributed by atoms with Gasteiger partial charge in [0.25, 0.3) is 0 Å². The molecule has 2 aromatic carbocycles. The third-order valence-electron chi connectivity index (χ3n) is 2.98. The Kier molecular flexibility index (Phi) is 6.21. The summed E-state index contributed by atoms with van der Waals surface area (Å²) in [6.07, 6.45) is 0. The second-order valence-electron chi connectivity index (χ2n) is 4.36. The van der Waals surface area contributed by atoms with Crippen LogP contribution in [-0.2, 0) is 0 Å². The van der Waals surface area contributed by atoms with Crippen molar-refractivity contribution in [2.75, 3.05) is 11.5 Å². The van der Waals surface area contributed by atoms with Crippen molar-refractivity contribution in [2.24, 2.45) is 5.16 Å². The Balaban J connectivity index is 2.22. The molecule has 2 rings (SSSR count). The normalized spacial score (nSPS) is 10.4. The summed E-state index contributed by atoms with van der Waals surface area (Å²) in [6, 6.07) is 16.3. The largest absolute Gasteiger partial charge is 0.410 e. The summed E-state index contributed by atoms with van der Waals surface area (Å²) in [6.45, 7) is 4.27. The molecule has 0 atom stereocenters. The first-order valence-corrected chi connectivity index (χ1v) is 8.94. The van der Waals surface area contributed by atoms with E-state index >= 15 is 0 Å². The molecule has 0 fully saturated rings. The van der Waals surface area contributed by atoms with Crippen LogP contribution in [0.25, 0.3) is 0 Å². The summed E-state index contributed by atoms with van der Waals surface area (Å²) in [5, 5.41) is 12.8. The van der Waals surface area contributed by atoms with Crippen LogP contribution in [0.1, 0.15) is 25.0 Å². The van der Waals surface area contributed by atoms with Gasteiger partial charge < -0.3 is 5.21 Å². The van der Waals surface area contributed by atoms with Crippen LogP contribution in [0.4, 0.5) is 0 Å². The van der Waals surface area contributed by atoms with Crippen molar-refractivity contribution in [2.45, 2.75) is 23.6 Å². The minimum Gasteiger partial charge on any atom is -0.410 e. The zero-order chi connectivity index (χ0) is 15.1. The van der Waals surface area contributed by atoms with Crippen LogP contribution in [0.15, 0.2) is 63.5 Å². The van der Waals surface area contributed by atoms with Gasteiger partial charge in [-0.3, -0.25) is 0 Å². The molecule has 0 spiro atoms. The average Bonchev–Trinajstić information content (AvgIpc) is 2.52. The first-order chi connectivity index (χ1) is 10.3. The monoisotopic (exact) mass is 317 g/mol. The first-order valence-electron chi connectivity index (χ1n) is 6.97. The number of rotatable bonds is 6. The van der Waals surface area contributed by atoms with E-state index in [4.69, 9.17) is 0 Å². The Morgan fingerprint density at radius 3 is 1.48 bits per heavy atom. The third-order valence-corrected chi connectivity index (χ3v) is 4.77. The molecule has 0 amide bonds. The van der Waals surface area contributed by atoms with Crippen molar-refractivity contribution in [1.29, 1.82) is 0 Å². The second-order valence-corrected chi connectivity index (χ2v) is 7.04. The van der Waals surface area contributed by atoms with Gasteiger partial charge in [0, 0.05) is 20.9 Å². The quantitative estimate of drug-likeness (QED) is 0.347. The van der Waals surface area contributed by atoms with E-state index < -0.39 is 0 Å². The maximum atomic E-state index is 9.36. The summed E-state index contributed by atoms with van der Waals surface area (Å²) in [7, 11) is 0. The van der Waals surface area contributed by atoms with Gasteiger partial charge in [-0.05, 0) is 35.8 Å². The fourth-order valence-electron chi connectivity index (χ4n) is 2.03. The second kappa shape index (κ2) is 8.15. The zero-order valence-electron chi connectivity index (χ0n) is 12.2. The number of benzene rings is 2. The Bertz CT molecular complexity index is 540. The molecular formula is C17H19NOS2. The summed E-state index contributed by atoms with van der Waals surface area (Å²) >= 11 is 3.60. The van der Waals surface area contributed by atoms with E-state index in [1.807, 2.05) is 24.3 Å². The SMILES string of the molecule is CCSc1ccc(C(=NO)c2ccc(SCC)cc2)cc1. The Labute approximate surface area is 134 Å². The van der Waals surface area contributed by atoms with Crippen LogP contribution in [0.3, 0.4) is 0 Å². The van der Waals surface area contributed by atoms with Crippen LogP contribution in [-0.4, -0.2) is 22.4 Å². The molecule has 0 saturated heterocycles. The van der Waals surface area contributed by atoms with E-state index in [1.54, 1.807) is 23.5 Å². The van der Waals surface area contributed by atoms with Crippen molar-refractivity contribution in [3.05, 3.63) is 59.7 Å². The summed E-state index contributed by atoms with van der Waals surface area (Å²) < 4.78 is 0. The van der Waals surface area contributed by atoms with Gasteiger partial charge in [0.2, 0.25) is 0 Å². The fraction of sp³-hybridized carbons (Fsp3) is 0.235. The lowest BCUT2D eigenvalue weighted by Gasteiger charge is -2.07.